The second kappa shape index (κ2) is 7.10. The fraction of sp³-hybridized carbons (Fsp3) is 0.471. The molecule has 1 aliphatic heterocycles. The van der Waals surface area contributed by atoms with Gasteiger partial charge < -0.3 is 20.3 Å². The summed E-state index contributed by atoms with van der Waals surface area (Å²) >= 11 is 0. The molecule has 2 aliphatic rings. The Bertz CT molecular complexity index is 740. The Hall–Kier alpha value is -2.61. The summed E-state index contributed by atoms with van der Waals surface area (Å²) in [6.07, 6.45) is 6.25. The molecule has 1 fully saturated rings. The van der Waals surface area contributed by atoms with Crippen molar-refractivity contribution in [3.05, 3.63) is 35.8 Å². The van der Waals surface area contributed by atoms with Crippen molar-refractivity contribution < 1.29 is 9.53 Å². The average molecular weight is 342 g/mol. The molecule has 132 valence electrons. The van der Waals surface area contributed by atoms with E-state index in [2.05, 4.69) is 30.7 Å². The zero-order chi connectivity index (χ0) is 17.1. The van der Waals surface area contributed by atoms with Gasteiger partial charge in [0.05, 0.1) is 25.1 Å². The van der Waals surface area contributed by atoms with Gasteiger partial charge in [-0.05, 0) is 30.5 Å². The zero-order valence-electron chi connectivity index (χ0n) is 14.0. The van der Waals surface area contributed by atoms with Gasteiger partial charge in [-0.15, -0.1) is 0 Å². The minimum atomic E-state index is -0.199. The standard InChI is InChI=1S/C17H22N6O2/c24-17(20-13-4-3-12-11-19-22-15(12)10-13)21-14-2-1-5-18-16(14)23-6-8-25-9-7-23/h1-2,5,11,13H,3-4,6-10H2,(H,19,22)(H2,20,21,24). The van der Waals surface area contributed by atoms with Crippen LogP contribution in [-0.2, 0) is 17.6 Å². The van der Waals surface area contributed by atoms with E-state index < -0.39 is 0 Å². The number of pyridine rings is 1. The van der Waals surface area contributed by atoms with E-state index >= 15 is 0 Å². The normalized spacial score (nSPS) is 20.0. The summed E-state index contributed by atoms with van der Waals surface area (Å²) in [4.78, 5) is 19.0. The zero-order valence-corrected chi connectivity index (χ0v) is 14.0. The Labute approximate surface area is 146 Å². The summed E-state index contributed by atoms with van der Waals surface area (Å²) in [7, 11) is 0. The minimum absolute atomic E-state index is 0.108. The summed E-state index contributed by atoms with van der Waals surface area (Å²) in [6, 6.07) is 3.62. The number of hydrogen-bond acceptors (Lipinski definition) is 5. The van der Waals surface area contributed by atoms with Crippen molar-refractivity contribution >= 4 is 17.5 Å². The molecule has 1 saturated heterocycles. The molecule has 2 aromatic heterocycles. The number of H-pyrrole nitrogens is 1. The molecule has 1 unspecified atom stereocenters. The quantitative estimate of drug-likeness (QED) is 0.782. The molecule has 1 aliphatic carbocycles. The van der Waals surface area contributed by atoms with E-state index in [-0.39, 0.29) is 12.1 Å². The second-order valence-corrected chi connectivity index (χ2v) is 6.39. The first kappa shape index (κ1) is 15.9. The number of amides is 2. The Morgan fingerprint density at radius 3 is 3.12 bits per heavy atom. The molecule has 8 nitrogen and oxygen atoms in total. The van der Waals surface area contributed by atoms with Crippen LogP contribution in [0.4, 0.5) is 16.3 Å². The van der Waals surface area contributed by atoms with E-state index in [0.717, 1.165) is 49.6 Å². The predicted octanol–water partition coefficient (Wildman–Crippen LogP) is 1.32. The molecule has 0 radical (unpaired) electrons. The number of aromatic nitrogens is 3. The van der Waals surface area contributed by atoms with Crippen LogP contribution in [0.5, 0.6) is 0 Å². The van der Waals surface area contributed by atoms with Gasteiger partial charge in [0.1, 0.15) is 0 Å². The summed E-state index contributed by atoms with van der Waals surface area (Å²) in [5.41, 5.74) is 3.09. The van der Waals surface area contributed by atoms with Crippen LogP contribution in [0.3, 0.4) is 0 Å². The SMILES string of the molecule is O=C(Nc1cccnc1N1CCOCC1)NC1CCc2cn[nH]c2C1. The van der Waals surface area contributed by atoms with Gasteiger partial charge in [0, 0.05) is 37.4 Å². The number of fused-ring (bicyclic) bond motifs is 1. The Morgan fingerprint density at radius 1 is 1.36 bits per heavy atom. The highest BCUT2D eigenvalue weighted by molar-refractivity contribution is 5.92. The van der Waals surface area contributed by atoms with Crippen molar-refractivity contribution in [2.24, 2.45) is 0 Å². The topological polar surface area (TPSA) is 95.2 Å². The largest absolute Gasteiger partial charge is 0.378 e. The number of nitrogens with one attached hydrogen (secondary N) is 3. The van der Waals surface area contributed by atoms with E-state index in [1.165, 1.54) is 5.56 Å². The van der Waals surface area contributed by atoms with Gasteiger partial charge in [-0.25, -0.2) is 9.78 Å². The fourth-order valence-electron chi connectivity index (χ4n) is 3.40. The van der Waals surface area contributed by atoms with Crippen molar-refractivity contribution in [3.63, 3.8) is 0 Å². The molecule has 3 N–H and O–H groups in total. The molecule has 1 atom stereocenters. The number of rotatable bonds is 3. The molecule has 0 bridgehead atoms. The van der Waals surface area contributed by atoms with Gasteiger partial charge in [-0.2, -0.15) is 5.10 Å². The highest BCUT2D eigenvalue weighted by Crippen LogP contribution is 2.24. The van der Waals surface area contributed by atoms with Gasteiger partial charge in [0.15, 0.2) is 5.82 Å². The highest BCUT2D eigenvalue weighted by atomic mass is 16.5. The maximum absolute atomic E-state index is 12.4. The number of carbonyl (C=O) groups excluding carboxylic acids is 1. The predicted molar refractivity (Wildman–Crippen MR) is 93.8 cm³/mol. The Balaban J connectivity index is 1.40. The lowest BCUT2D eigenvalue weighted by atomic mass is 9.94. The number of hydrogen-bond donors (Lipinski definition) is 3. The lowest BCUT2D eigenvalue weighted by Crippen LogP contribution is -2.42. The van der Waals surface area contributed by atoms with Crippen LogP contribution in [0.1, 0.15) is 17.7 Å². The van der Waals surface area contributed by atoms with Crippen LogP contribution in [0.25, 0.3) is 0 Å². The van der Waals surface area contributed by atoms with Crippen LogP contribution in [0.15, 0.2) is 24.5 Å². The smallest absolute Gasteiger partial charge is 0.319 e. The van der Waals surface area contributed by atoms with E-state index in [4.69, 9.17) is 4.74 Å². The van der Waals surface area contributed by atoms with Crippen LogP contribution in [0.2, 0.25) is 0 Å². The molecule has 0 saturated carbocycles. The number of aromatic amines is 1. The molecule has 0 aromatic carbocycles. The maximum Gasteiger partial charge on any atom is 0.319 e. The number of urea groups is 1. The van der Waals surface area contributed by atoms with Crippen molar-refractivity contribution in [1.82, 2.24) is 20.5 Å². The van der Waals surface area contributed by atoms with Gasteiger partial charge >= 0.3 is 6.03 Å². The minimum Gasteiger partial charge on any atom is -0.378 e. The third-order valence-electron chi connectivity index (χ3n) is 4.70. The van der Waals surface area contributed by atoms with Crippen molar-refractivity contribution in [3.8, 4) is 0 Å². The van der Waals surface area contributed by atoms with Crippen molar-refractivity contribution in [2.45, 2.75) is 25.3 Å². The molecular weight excluding hydrogens is 320 g/mol. The maximum atomic E-state index is 12.4. The van der Waals surface area contributed by atoms with E-state index in [1.54, 1.807) is 6.20 Å². The first-order valence-corrected chi connectivity index (χ1v) is 8.66. The molecule has 25 heavy (non-hydrogen) atoms. The molecule has 8 heteroatoms. The summed E-state index contributed by atoms with van der Waals surface area (Å²) in [5.74, 6) is 0.792. The number of morpholine rings is 1. The molecule has 3 heterocycles. The molecule has 0 spiro atoms. The first-order chi connectivity index (χ1) is 12.3. The molecule has 4 rings (SSSR count). The lowest BCUT2D eigenvalue weighted by molar-refractivity contribution is 0.122. The van der Waals surface area contributed by atoms with E-state index in [1.807, 2.05) is 18.3 Å². The molecule has 2 aromatic rings. The lowest BCUT2D eigenvalue weighted by Gasteiger charge is -2.29. The van der Waals surface area contributed by atoms with Gasteiger partial charge in [-0.1, -0.05) is 0 Å². The van der Waals surface area contributed by atoms with Crippen LogP contribution < -0.4 is 15.5 Å². The van der Waals surface area contributed by atoms with Crippen molar-refractivity contribution in [2.75, 3.05) is 36.5 Å². The fourth-order valence-corrected chi connectivity index (χ4v) is 3.40. The number of nitrogens with zero attached hydrogens (tertiary/aromatic N) is 3. The van der Waals surface area contributed by atoms with E-state index in [0.29, 0.717) is 13.2 Å². The summed E-state index contributed by atoms with van der Waals surface area (Å²) < 4.78 is 5.39. The van der Waals surface area contributed by atoms with Crippen LogP contribution in [0, 0.1) is 0 Å². The summed E-state index contributed by atoms with van der Waals surface area (Å²) in [5, 5.41) is 13.1. The monoisotopic (exact) mass is 342 g/mol. The third kappa shape index (κ3) is 3.58. The Kier molecular flexibility index (Phi) is 4.51. The Morgan fingerprint density at radius 2 is 2.24 bits per heavy atom. The van der Waals surface area contributed by atoms with E-state index in [9.17, 15) is 4.79 Å². The van der Waals surface area contributed by atoms with Crippen LogP contribution in [-0.4, -0.2) is 53.6 Å². The average Bonchev–Trinajstić information content (AvgIpc) is 3.10. The first-order valence-electron chi connectivity index (χ1n) is 8.66. The number of anilines is 2. The highest BCUT2D eigenvalue weighted by Gasteiger charge is 2.22. The van der Waals surface area contributed by atoms with Gasteiger partial charge in [-0.3, -0.25) is 5.10 Å². The third-order valence-corrected chi connectivity index (χ3v) is 4.70. The number of ether oxygens (including phenoxy) is 1. The van der Waals surface area contributed by atoms with Crippen molar-refractivity contribution in [1.29, 1.82) is 0 Å². The summed E-state index contributed by atoms with van der Waals surface area (Å²) in [6.45, 7) is 2.91. The molecular formula is C17H22N6O2. The van der Waals surface area contributed by atoms with Gasteiger partial charge in [0.2, 0.25) is 0 Å². The molecule has 2 amide bonds. The van der Waals surface area contributed by atoms with Crippen LogP contribution >= 0.6 is 0 Å². The van der Waals surface area contributed by atoms with Gasteiger partial charge in [0.25, 0.3) is 0 Å². The second-order valence-electron chi connectivity index (χ2n) is 6.39. The number of carbonyl (C=O) groups is 1. The number of aryl methyl sites for hydroxylation is 1.